The highest BCUT2D eigenvalue weighted by Gasteiger charge is 2.22. The molecule has 0 aromatic heterocycles. The zero-order valence-electron chi connectivity index (χ0n) is 9.82. The molecule has 1 aromatic rings. The average molecular weight is 254 g/mol. The van der Waals surface area contributed by atoms with Crippen molar-refractivity contribution in [3.05, 3.63) is 28.8 Å². The van der Waals surface area contributed by atoms with Crippen molar-refractivity contribution in [2.75, 3.05) is 39.0 Å². The van der Waals surface area contributed by atoms with Crippen molar-refractivity contribution in [1.82, 2.24) is 9.80 Å². The maximum Gasteiger partial charge on any atom is 0.255 e. The van der Waals surface area contributed by atoms with Crippen molar-refractivity contribution in [2.45, 2.75) is 0 Å². The van der Waals surface area contributed by atoms with Gasteiger partial charge in [-0.25, -0.2) is 0 Å². The molecule has 92 valence electrons. The van der Waals surface area contributed by atoms with Crippen molar-refractivity contribution in [2.24, 2.45) is 0 Å². The molecule has 2 rings (SSSR count). The molecule has 1 aliphatic heterocycles. The largest absolute Gasteiger partial charge is 0.398 e. The van der Waals surface area contributed by atoms with E-state index in [0.717, 1.165) is 26.2 Å². The predicted molar refractivity (Wildman–Crippen MR) is 69.3 cm³/mol. The summed E-state index contributed by atoms with van der Waals surface area (Å²) in [4.78, 5) is 16.3. The Hall–Kier alpha value is -1.26. The van der Waals surface area contributed by atoms with Crippen LogP contribution in [0, 0.1) is 0 Å². The molecule has 0 unspecified atom stereocenters. The Morgan fingerprint density at radius 2 is 1.94 bits per heavy atom. The summed E-state index contributed by atoms with van der Waals surface area (Å²) in [6, 6.07) is 5.17. The summed E-state index contributed by atoms with van der Waals surface area (Å²) in [5, 5.41) is 0.358. The minimum Gasteiger partial charge on any atom is -0.398 e. The summed E-state index contributed by atoms with van der Waals surface area (Å²) in [7, 11) is 2.05. The molecule has 1 heterocycles. The summed E-state index contributed by atoms with van der Waals surface area (Å²) < 4.78 is 0. The van der Waals surface area contributed by atoms with Gasteiger partial charge in [0.25, 0.3) is 5.91 Å². The Kier molecular flexibility index (Phi) is 3.54. The molecule has 0 atom stereocenters. The van der Waals surface area contributed by atoms with E-state index >= 15 is 0 Å². The lowest BCUT2D eigenvalue weighted by molar-refractivity contribution is 0.0664. The van der Waals surface area contributed by atoms with Gasteiger partial charge >= 0.3 is 0 Å². The smallest absolute Gasteiger partial charge is 0.255 e. The molecule has 4 nitrogen and oxygen atoms in total. The lowest BCUT2D eigenvalue weighted by atomic mass is 10.1. The average Bonchev–Trinajstić information content (AvgIpc) is 2.33. The minimum absolute atomic E-state index is 0.0320. The topological polar surface area (TPSA) is 49.6 Å². The van der Waals surface area contributed by atoms with E-state index in [9.17, 15) is 4.79 Å². The van der Waals surface area contributed by atoms with E-state index in [2.05, 4.69) is 11.9 Å². The second kappa shape index (κ2) is 4.94. The SMILES string of the molecule is CN1CCN(C(=O)c2cccc(N)c2Cl)CC1. The summed E-state index contributed by atoms with van der Waals surface area (Å²) in [5.74, 6) is -0.0320. The summed E-state index contributed by atoms with van der Waals surface area (Å²) in [5.41, 5.74) is 6.65. The van der Waals surface area contributed by atoms with Crippen LogP contribution in [0.3, 0.4) is 0 Å². The van der Waals surface area contributed by atoms with E-state index in [0.29, 0.717) is 16.3 Å². The van der Waals surface area contributed by atoms with Crippen molar-refractivity contribution in [3.63, 3.8) is 0 Å². The highest BCUT2D eigenvalue weighted by atomic mass is 35.5. The van der Waals surface area contributed by atoms with Gasteiger partial charge in [-0.1, -0.05) is 17.7 Å². The number of halogens is 1. The first-order valence-electron chi connectivity index (χ1n) is 5.61. The fraction of sp³-hybridized carbons (Fsp3) is 0.417. The molecule has 0 saturated carbocycles. The van der Waals surface area contributed by atoms with Gasteiger partial charge in [-0.05, 0) is 19.2 Å². The van der Waals surface area contributed by atoms with Crippen LogP contribution in [0.1, 0.15) is 10.4 Å². The molecule has 17 heavy (non-hydrogen) atoms. The molecule has 1 aliphatic rings. The van der Waals surface area contributed by atoms with Crippen molar-refractivity contribution in [1.29, 1.82) is 0 Å². The zero-order chi connectivity index (χ0) is 12.4. The predicted octanol–water partition coefficient (Wildman–Crippen LogP) is 1.31. The fourth-order valence-electron chi connectivity index (χ4n) is 1.89. The number of rotatable bonds is 1. The number of nitrogens with zero attached hydrogens (tertiary/aromatic N) is 2. The van der Waals surface area contributed by atoms with E-state index < -0.39 is 0 Å². The second-order valence-corrected chi connectivity index (χ2v) is 4.68. The first-order valence-corrected chi connectivity index (χ1v) is 5.99. The number of amides is 1. The van der Waals surface area contributed by atoms with Gasteiger partial charge < -0.3 is 15.5 Å². The molecule has 0 bridgehead atoms. The molecule has 1 saturated heterocycles. The van der Waals surface area contributed by atoms with Gasteiger partial charge in [-0.2, -0.15) is 0 Å². The number of anilines is 1. The van der Waals surface area contributed by atoms with Crippen LogP contribution >= 0.6 is 11.6 Å². The third-order valence-electron chi connectivity index (χ3n) is 3.05. The standard InChI is InChI=1S/C12H16ClN3O/c1-15-5-7-16(8-6-15)12(17)9-3-2-4-10(14)11(9)13/h2-4H,5-8,14H2,1H3. The van der Waals surface area contributed by atoms with Gasteiger partial charge in [-0.3, -0.25) is 4.79 Å². The maximum absolute atomic E-state index is 12.2. The number of carbonyl (C=O) groups excluding carboxylic acids is 1. The van der Waals surface area contributed by atoms with Gasteiger partial charge in [0.15, 0.2) is 0 Å². The van der Waals surface area contributed by atoms with Crippen LogP contribution in [0.2, 0.25) is 5.02 Å². The van der Waals surface area contributed by atoms with Crippen LogP contribution in [-0.2, 0) is 0 Å². The van der Waals surface area contributed by atoms with Gasteiger partial charge in [0, 0.05) is 26.2 Å². The lowest BCUT2D eigenvalue weighted by Crippen LogP contribution is -2.47. The molecule has 5 heteroatoms. The van der Waals surface area contributed by atoms with Crippen molar-refractivity contribution >= 4 is 23.2 Å². The third-order valence-corrected chi connectivity index (χ3v) is 3.47. The number of likely N-dealkylation sites (N-methyl/N-ethyl adjacent to an activating group) is 1. The third kappa shape index (κ3) is 2.53. The molecule has 1 fully saturated rings. The molecule has 2 N–H and O–H groups in total. The number of benzene rings is 1. The maximum atomic E-state index is 12.2. The quantitative estimate of drug-likeness (QED) is 0.768. The van der Waals surface area contributed by atoms with E-state index in [1.165, 1.54) is 0 Å². The molecule has 0 aliphatic carbocycles. The number of nitrogen functional groups attached to an aromatic ring is 1. The first-order chi connectivity index (χ1) is 8.09. The Morgan fingerprint density at radius 3 is 2.59 bits per heavy atom. The van der Waals surface area contributed by atoms with Gasteiger partial charge in [0.1, 0.15) is 0 Å². The van der Waals surface area contributed by atoms with Crippen LogP contribution in [0.5, 0.6) is 0 Å². The summed E-state index contributed by atoms with van der Waals surface area (Å²) in [6.07, 6.45) is 0. The highest BCUT2D eigenvalue weighted by molar-refractivity contribution is 6.36. The van der Waals surface area contributed by atoms with Crippen LogP contribution in [0.25, 0.3) is 0 Å². The number of nitrogens with two attached hydrogens (primary N) is 1. The normalized spacial score (nSPS) is 17.2. The van der Waals surface area contributed by atoms with Crippen LogP contribution < -0.4 is 5.73 Å². The van der Waals surface area contributed by atoms with Gasteiger partial charge in [-0.15, -0.1) is 0 Å². The highest BCUT2D eigenvalue weighted by Crippen LogP contribution is 2.24. The lowest BCUT2D eigenvalue weighted by Gasteiger charge is -2.32. The number of hydrogen-bond acceptors (Lipinski definition) is 3. The second-order valence-electron chi connectivity index (χ2n) is 4.30. The fourth-order valence-corrected chi connectivity index (χ4v) is 2.10. The Balaban J connectivity index is 2.17. The Labute approximate surface area is 106 Å². The van der Waals surface area contributed by atoms with Crippen molar-refractivity contribution in [3.8, 4) is 0 Å². The molecule has 0 spiro atoms. The van der Waals surface area contributed by atoms with Crippen molar-refractivity contribution < 1.29 is 4.79 Å². The number of piperazine rings is 1. The zero-order valence-corrected chi connectivity index (χ0v) is 10.6. The first kappa shape index (κ1) is 12.2. The van der Waals surface area contributed by atoms with E-state index in [-0.39, 0.29) is 5.91 Å². The Morgan fingerprint density at radius 1 is 1.29 bits per heavy atom. The molecular weight excluding hydrogens is 238 g/mol. The monoisotopic (exact) mass is 253 g/mol. The summed E-state index contributed by atoms with van der Waals surface area (Å²) >= 11 is 6.05. The molecule has 0 radical (unpaired) electrons. The van der Waals surface area contributed by atoms with Gasteiger partial charge in [0.2, 0.25) is 0 Å². The molecule has 1 amide bonds. The Bertz CT molecular complexity index is 428. The molecular formula is C12H16ClN3O. The number of carbonyl (C=O) groups is 1. The van der Waals surface area contributed by atoms with Gasteiger partial charge in [0.05, 0.1) is 16.3 Å². The van der Waals surface area contributed by atoms with E-state index in [1.807, 2.05) is 4.90 Å². The summed E-state index contributed by atoms with van der Waals surface area (Å²) in [6.45, 7) is 3.26. The van der Waals surface area contributed by atoms with Crippen LogP contribution in [0.4, 0.5) is 5.69 Å². The van der Waals surface area contributed by atoms with E-state index in [1.54, 1.807) is 18.2 Å². The van der Waals surface area contributed by atoms with Crippen LogP contribution in [0.15, 0.2) is 18.2 Å². The number of hydrogen-bond donors (Lipinski definition) is 1. The van der Waals surface area contributed by atoms with Crippen LogP contribution in [-0.4, -0.2) is 48.9 Å². The van der Waals surface area contributed by atoms with E-state index in [4.69, 9.17) is 17.3 Å². The molecule has 1 aromatic carbocycles. The minimum atomic E-state index is -0.0320.